The topological polar surface area (TPSA) is 85.6 Å². The smallest absolute Gasteiger partial charge is 0.258 e. The van der Waals surface area contributed by atoms with Gasteiger partial charge in [0.15, 0.2) is 9.93 Å². The van der Waals surface area contributed by atoms with E-state index in [2.05, 4.69) is 21.2 Å². The van der Waals surface area contributed by atoms with Crippen LogP contribution in [0, 0.1) is 12.3 Å². The van der Waals surface area contributed by atoms with Crippen molar-refractivity contribution in [3.63, 3.8) is 0 Å². The van der Waals surface area contributed by atoms with E-state index in [9.17, 15) is 9.59 Å². The lowest BCUT2D eigenvalue weighted by Gasteiger charge is -2.03. The van der Waals surface area contributed by atoms with Gasteiger partial charge in [0.05, 0.1) is 34.9 Å². The molecule has 2 amide bonds. The highest BCUT2D eigenvalue weighted by Crippen LogP contribution is 2.23. The quantitative estimate of drug-likeness (QED) is 0.538. The van der Waals surface area contributed by atoms with Crippen LogP contribution in [-0.4, -0.2) is 39.5 Å². The number of thiazole rings is 2. The summed E-state index contributed by atoms with van der Waals surface area (Å²) in [6.07, 6.45) is 7.10. The van der Waals surface area contributed by atoms with Gasteiger partial charge in [0.1, 0.15) is 5.75 Å². The first-order chi connectivity index (χ1) is 14.1. The minimum absolute atomic E-state index is 0.0970. The molecule has 0 saturated carbocycles. The molecule has 0 aliphatic rings. The fourth-order valence-corrected chi connectivity index (χ4v) is 4.67. The van der Waals surface area contributed by atoms with Gasteiger partial charge in [-0.3, -0.25) is 9.59 Å². The average molecular weight is 447 g/mol. The Morgan fingerprint density at radius 3 is 3.00 bits per heavy atom. The van der Waals surface area contributed by atoms with E-state index in [0.717, 1.165) is 16.0 Å². The summed E-state index contributed by atoms with van der Waals surface area (Å²) in [7, 11) is 0. The van der Waals surface area contributed by atoms with Crippen LogP contribution in [0.3, 0.4) is 0 Å². The highest BCUT2D eigenvalue weighted by Gasteiger charge is 2.10. The number of fused-ring (bicyclic) bond motifs is 1. The molecule has 1 N–H and O–H groups in total. The van der Waals surface area contributed by atoms with E-state index < -0.39 is 0 Å². The summed E-state index contributed by atoms with van der Waals surface area (Å²) in [4.78, 5) is 32.9. The van der Waals surface area contributed by atoms with Crippen LogP contribution in [0.2, 0.25) is 0 Å². The van der Waals surface area contributed by atoms with E-state index >= 15 is 0 Å². The maximum atomic E-state index is 12.3. The second-order valence-electron chi connectivity index (χ2n) is 5.62. The van der Waals surface area contributed by atoms with Gasteiger partial charge in [-0.1, -0.05) is 17.3 Å². The van der Waals surface area contributed by atoms with Crippen molar-refractivity contribution in [3.8, 4) is 18.1 Å². The number of hydrogen-bond acceptors (Lipinski definition) is 7. The third-order valence-electron chi connectivity index (χ3n) is 3.57. The number of amides is 2. The number of thioether (sulfide) groups is 1. The van der Waals surface area contributed by atoms with Gasteiger partial charge in [-0.05, 0) is 25.1 Å². The molecule has 0 fully saturated rings. The van der Waals surface area contributed by atoms with E-state index in [1.807, 2.05) is 29.7 Å². The van der Waals surface area contributed by atoms with Crippen LogP contribution in [0.4, 0.5) is 5.13 Å². The lowest BCUT2D eigenvalue weighted by atomic mass is 10.3. The summed E-state index contributed by atoms with van der Waals surface area (Å²) in [5, 5.41) is 4.99. The Kier molecular flexibility index (Phi) is 7.46. The number of nitrogens with zero attached hydrogens (tertiary/aromatic N) is 3. The van der Waals surface area contributed by atoms with Crippen LogP contribution in [0.15, 0.2) is 34.8 Å². The predicted molar refractivity (Wildman–Crippen MR) is 118 cm³/mol. The van der Waals surface area contributed by atoms with Crippen LogP contribution < -0.4 is 14.9 Å². The number of ether oxygens (including phenoxy) is 1. The summed E-state index contributed by atoms with van der Waals surface area (Å²) in [5.74, 6) is 3.08. The van der Waals surface area contributed by atoms with Gasteiger partial charge in [-0.15, -0.1) is 29.5 Å². The fraction of sp³-hybridized carbons (Fsp3) is 0.263. The van der Waals surface area contributed by atoms with Crippen molar-refractivity contribution < 1.29 is 14.3 Å². The Balaban J connectivity index is 1.69. The molecule has 2 heterocycles. The number of hydrogen-bond donors (Lipinski definition) is 1. The molecule has 2 aromatic heterocycles. The molecule has 7 nitrogen and oxygen atoms in total. The van der Waals surface area contributed by atoms with Crippen LogP contribution in [0.25, 0.3) is 10.2 Å². The number of rotatable bonds is 8. The molecule has 29 heavy (non-hydrogen) atoms. The Hall–Kier alpha value is -2.61. The third kappa shape index (κ3) is 5.69. The maximum Gasteiger partial charge on any atom is 0.258 e. The normalized spacial score (nSPS) is 11.4. The maximum absolute atomic E-state index is 12.3. The molecule has 0 spiro atoms. The molecule has 3 rings (SSSR count). The predicted octanol–water partition coefficient (Wildman–Crippen LogP) is 2.99. The standard InChI is InChI=1S/C19H18N4O3S3/c1-3-8-23-14-6-5-13(26-4-2)10-15(14)29-19(23)22-17(25)12-27-11-16(24)21-18-20-7-9-28-18/h1,5-7,9-10H,4,8,11-12H2,2H3,(H,20,21,24). The summed E-state index contributed by atoms with van der Waals surface area (Å²) >= 11 is 3.92. The number of terminal acetylenes is 1. The van der Waals surface area contributed by atoms with Crippen LogP contribution in [-0.2, 0) is 16.1 Å². The van der Waals surface area contributed by atoms with Crippen molar-refractivity contribution in [1.29, 1.82) is 0 Å². The van der Waals surface area contributed by atoms with Crippen LogP contribution in [0.1, 0.15) is 6.92 Å². The molecule has 150 valence electrons. The van der Waals surface area contributed by atoms with E-state index in [4.69, 9.17) is 11.2 Å². The van der Waals surface area contributed by atoms with E-state index in [0.29, 0.717) is 23.1 Å². The summed E-state index contributed by atoms with van der Waals surface area (Å²) < 4.78 is 8.30. The Morgan fingerprint density at radius 2 is 2.28 bits per heavy atom. The summed E-state index contributed by atoms with van der Waals surface area (Å²) in [5.41, 5.74) is 0.901. The Bertz CT molecular complexity index is 1110. The number of aromatic nitrogens is 2. The first kappa shape index (κ1) is 21.1. The van der Waals surface area contributed by atoms with Gasteiger partial charge in [0, 0.05) is 11.6 Å². The molecular weight excluding hydrogens is 428 g/mol. The van der Waals surface area contributed by atoms with Crippen molar-refractivity contribution in [1.82, 2.24) is 9.55 Å². The molecule has 0 unspecified atom stereocenters. The second kappa shape index (κ2) is 10.2. The number of carbonyl (C=O) groups excluding carboxylic acids is 2. The van der Waals surface area contributed by atoms with E-state index in [-0.39, 0.29) is 23.3 Å². The zero-order chi connectivity index (χ0) is 20.6. The average Bonchev–Trinajstić information content (AvgIpc) is 3.30. The molecule has 10 heteroatoms. The van der Waals surface area contributed by atoms with Gasteiger partial charge in [-0.2, -0.15) is 4.99 Å². The van der Waals surface area contributed by atoms with Crippen molar-refractivity contribution in [2.75, 3.05) is 23.4 Å². The molecule has 0 atom stereocenters. The Morgan fingerprint density at radius 1 is 1.41 bits per heavy atom. The molecule has 1 aromatic carbocycles. The van der Waals surface area contributed by atoms with Crippen molar-refractivity contribution in [3.05, 3.63) is 34.6 Å². The first-order valence-electron chi connectivity index (χ1n) is 8.65. The van der Waals surface area contributed by atoms with Gasteiger partial charge in [0.25, 0.3) is 5.91 Å². The van der Waals surface area contributed by atoms with Crippen molar-refractivity contribution in [2.45, 2.75) is 13.5 Å². The van der Waals surface area contributed by atoms with E-state index in [1.54, 1.807) is 11.6 Å². The zero-order valence-corrected chi connectivity index (χ0v) is 18.0. The zero-order valence-electron chi connectivity index (χ0n) is 15.6. The first-order valence-corrected chi connectivity index (χ1v) is 11.5. The highest BCUT2D eigenvalue weighted by molar-refractivity contribution is 8.00. The molecule has 0 radical (unpaired) electrons. The highest BCUT2D eigenvalue weighted by atomic mass is 32.2. The molecule has 0 aliphatic carbocycles. The Labute approximate surface area is 179 Å². The SMILES string of the molecule is C#CCn1c(=NC(=O)CSCC(=O)Nc2nccs2)sc2cc(OCC)ccc21. The molecule has 0 aliphatic heterocycles. The minimum Gasteiger partial charge on any atom is -0.494 e. The van der Waals surface area contributed by atoms with Crippen molar-refractivity contribution >= 4 is 61.6 Å². The van der Waals surface area contributed by atoms with Gasteiger partial charge < -0.3 is 14.6 Å². The lowest BCUT2D eigenvalue weighted by molar-refractivity contribution is -0.115. The number of anilines is 1. The number of nitrogens with one attached hydrogen (secondary N) is 1. The third-order valence-corrected chi connectivity index (χ3v) is 6.22. The molecular formula is C19H18N4O3S3. The monoisotopic (exact) mass is 446 g/mol. The lowest BCUT2D eigenvalue weighted by Crippen LogP contribution is -2.18. The van der Waals surface area contributed by atoms with Gasteiger partial charge in [0.2, 0.25) is 5.91 Å². The second-order valence-corrected chi connectivity index (χ2v) is 8.51. The molecule has 0 saturated heterocycles. The largest absolute Gasteiger partial charge is 0.494 e. The number of benzene rings is 1. The fourth-order valence-electron chi connectivity index (χ4n) is 2.45. The van der Waals surface area contributed by atoms with E-state index in [1.165, 1.54) is 34.4 Å². The summed E-state index contributed by atoms with van der Waals surface area (Å²) in [6, 6.07) is 5.70. The van der Waals surface area contributed by atoms with Crippen molar-refractivity contribution in [2.24, 2.45) is 4.99 Å². The van der Waals surface area contributed by atoms with Crippen LogP contribution in [0.5, 0.6) is 5.75 Å². The van der Waals surface area contributed by atoms with Crippen LogP contribution >= 0.6 is 34.4 Å². The molecule has 0 bridgehead atoms. The number of carbonyl (C=O) groups is 2. The van der Waals surface area contributed by atoms with Gasteiger partial charge in [-0.25, -0.2) is 4.98 Å². The minimum atomic E-state index is -0.320. The summed E-state index contributed by atoms with van der Waals surface area (Å²) in [6.45, 7) is 2.80. The molecule has 3 aromatic rings. The van der Waals surface area contributed by atoms with Gasteiger partial charge >= 0.3 is 0 Å².